The third kappa shape index (κ3) is 3.85. The van der Waals surface area contributed by atoms with Gasteiger partial charge in [0, 0.05) is 23.9 Å². The minimum absolute atomic E-state index is 0. The molecular weight excluding hydrogens is 291 g/mol. The minimum Gasteiger partial charge on any atom is -0.340 e. The van der Waals surface area contributed by atoms with Crippen LogP contribution >= 0.6 is 35.3 Å². The fraction of sp³-hybridized carbons (Fsp3) is 0.583. The number of nitrogens with zero attached hydrogens (tertiary/aromatic N) is 1. The molecule has 0 radical (unpaired) electrons. The van der Waals surface area contributed by atoms with Crippen LogP contribution in [-0.2, 0) is 11.3 Å². The Hall–Kier alpha value is -0.290. The maximum atomic E-state index is 12.1. The van der Waals surface area contributed by atoms with E-state index in [1.807, 2.05) is 19.2 Å². The second-order valence-corrected chi connectivity index (χ2v) is 6.47. The lowest BCUT2D eigenvalue weighted by Crippen LogP contribution is -2.31. The predicted octanol–water partition coefficient (Wildman–Crippen LogP) is 2.91. The molecule has 1 aromatic rings. The zero-order valence-corrected chi connectivity index (χ0v) is 12.7. The fourth-order valence-corrected chi connectivity index (χ4v) is 3.44. The Morgan fingerprint density at radius 1 is 1.56 bits per heavy atom. The highest BCUT2D eigenvalue weighted by Crippen LogP contribution is 2.27. The Kier molecular flexibility index (Phi) is 5.92. The van der Waals surface area contributed by atoms with Crippen LogP contribution in [0, 0.1) is 5.92 Å². The molecule has 0 aliphatic heterocycles. The number of amides is 1. The summed E-state index contributed by atoms with van der Waals surface area (Å²) in [7, 11) is 1.85. The molecule has 3 nitrogen and oxygen atoms in total. The van der Waals surface area contributed by atoms with Crippen LogP contribution in [0.25, 0.3) is 0 Å². The SMILES string of the molecule is CN(Cc1ccc(Cl)s1)C(=O)C1CCC(N)C1.Cl. The van der Waals surface area contributed by atoms with Gasteiger partial charge in [-0.15, -0.1) is 23.7 Å². The predicted molar refractivity (Wildman–Crippen MR) is 78.4 cm³/mol. The van der Waals surface area contributed by atoms with Crippen LogP contribution in [0.5, 0.6) is 0 Å². The fourth-order valence-electron chi connectivity index (χ4n) is 2.30. The molecule has 0 spiro atoms. The number of carbonyl (C=O) groups excluding carboxylic acids is 1. The number of carbonyl (C=O) groups is 1. The van der Waals surface area contributed by atoms with Crippen molar-refractivity contribution < 1.29 is 4.79 Å². The van der Waals surface area contributed by atoms with Gasteiger partial charge in [0.15, 0.2) is 0 Å². The lowest BCUT2D eigenvalue weighted by Gasteiger charge is -2.20. The largest absolute Gasteiger partial charge is 0.340 e. The first-order valence-electron chi connectivity index (χ1n) is 5.81. The van der Waals surface area contributed by atoms with Crippen molar-refractivity contribution in [1.29, 1.82) is 0 Å². The summed E-state index contributed by atoms with van der Waals surface area (Å²) in [6.07, 6.45) is 2.72. The quantitative estimate of drug-likeness (QED) is 0.933. The first kappa shape index (κ1) is 15.8. The summed E-state index contributed by atoms with van der Waals surface area (Å²) in [6.45, 7) is 0.641. The van der Waals surface area contributed by atoms with Gasteiger partial charge < -0.3 is 10.6 Å². The molecule has 0 aromatic carbocycles. The molecule has 2 rings (SSSR count). The number of thiophene rings is 1. The van der Waals surface area contributed by atoms with Crippen LogP contribution in [0.1, 0.15) is 24.1 Å². The third-order valence-corrected chi connectivity index (χ3v) is 4.44. The van der Waals surface area contributed by atoms with Gasteiger partial charge in [0.2, 0.25) is 5.91 Å². The highest BCUT2D eigenvalue weighted by atomic mass is 35.5. The molecule has 102 valence electrons. The van der Waals surface area contributed by atoms with Crippen molar-refractivity contribution in [3.63, 3.8) is 0 Å². The van der Waals surface area contributed by atoms with Crippen LogP contribution in [0.15, 0.2) is 12.1 Å². The number of hydrogen-bond acceptors (Lipinski definition) is 3. The highest BCUT2D eigenvalue weighted by molar-refractivity contribution is 7.16. The molecule has 2 atom stereocenters. The van der Waals surface area contributed by atoms with E-state index in [2.05, 4.69) is 0 Å². The molecule has 1 saturated carbocycles. The first-order valence-corrected chi connectivity index (χ1v) is 7.00. The van der Waals surface area contributed by atoms with Crippen molar-refractivity contribution in [2.75, 3.05) is 7.05 Å². The lowest BCUT2D eigenvalue weighted by atomic mass is 10.1. The van der Waals surface area contributed by atoms with E-state index >= 15 is 0 Å². The summed E-state index contributed by atoms with van der Waals surface area (Å²) in [5, 5.41) is 0. The van der Waals surface area contributed by atoms with Gasteiger partial charge in [-0.1, -0.05) is 11.6 Å². The van der Waals surface area contributed by atoms with E-state index in [0.29, 0.717) is 6.54 Å². The molecule has 6 heteroatoms. The zero-order chi connectivity index (χ0) is 12.4. The second-order valence-electron chi connectivity index (χ2n) is 4.67. The Morgan fingerprint density at radius 3 is 2.78 bits per heavy atom. The molecule has 0 bridgehead atoms. The van der Waals surface area contributed by atoms with Crippen LogP contribution in [0.2, 0.25) is 4.34 Å². The Balaban J connectivity index is 0.00000162. The van der Waals surface area contributed by atoms with Crippen molar-refractivity contribution >= 4 is 41.3 Å². The Morgan fingerprint density at radius 2 is 2.28 bits per heavy atom. The molecule has 1 heterocycles. The minimum atomic E-state index is 0. The summed E-state index contributed by atoms with van der Waals surface area (Å²) in [4.78, 5) is 15.0. The summed E-state index contributed by atoms with van der Waals surface area (Å²) in [6, 6.07) is 4.04. The van der Waals surface area contributed by atoms with Crippen LogP contribution < -0.4 is 5.73 Å². The van der Waals surface area contributed by atoms with Crippen molar-refractivity contribution in [1.82, 2.24) is 4.90 Å². The molecule has 1 amide bonds. The van der Waals surface area contributed by atoms with E-state index in [1.54, 1.807) is 4.90 Å². The molecule has 1 aliphatic rings. The number of nitrogens with two attached hydrogens (primary N) is 1. The first-order chi connectivity index (χ1) is 8.06. The maximum Gasteiger partial charge on any atom is 0.225 e. The normalized spacial score (nSPS) is 22.6. The van der Waals surface area contributed by atoms with E-state index in [0.717, 1.165) is 28.5 Å². The van der Waals surface area contributed by atoms with Crippen molar-refractivity contribution in [3.8, 4) is 0 Å². The lowest BCUT2D eigenvalue weighted by molar-refractivity contribution is -0.134. The monoisotopic (exact) mass is 308 g/mol. The molecule has 0 saturated heterocycles. The van der Waals surface area contributed by atoms with Crippen LogP contribution in [-0.4, -0.2) is 23.9 Å². The van der Waals surface area contributed by atoms with Gasteiger partial charge in [0.25, 0.3) is 0 Å². The van der Waals surface area contributed by atoms with E-state index < -0.39 is 0 Å². The van der Waals surface area contributed by atoms with Crippen LogP contribution in [0.4, 0.5) is 0 Å². The van der Waals surface area contributed by atoms with Gasteiger partial charge in [-0.2, -0.15) is 0 Å². The van der Waals surface area contributed by atoms with Crippen molar-refractivity contribution in [2.45, 2.75) is 31.8 Å². The number of hydrogen-bond donors (Lipinski definition) is 1. The average Bonchev–Trinajstić information content (AvgIpc) is 2.87. The molecule has 18 heavy (non-hydrogen) atoms. The number of rotatable bonds is 3. The second kappa shape index (κ2) is 6.75. The molecule has 1 fully saturated rings. The maximum absolute atomic E-state index is 12.1. The van der Waals surface area contributed by atoms with Gasteiger partial charge in [-0.05, 0) is 31.4 Å². The summed E-state index contributed by atoms with van der Waals surface area (Å²) < 4.78 is 0.767. The van der Waals surface area contributed by atoms with Gasteiger partial charge in [-0.25, -0.2) is 0 Å². The average molecular weight is 309 g/mol. The molecule has 1 aliphatic carbocycles. The van der Waals surface area contributed by atoms with E-state index in [9.17, 15) is 4.79 Å². The topological polar surface area (TPSA) is 46.3 Å². The van der Waals surface area contributed by atoms with E-state index in [1.165, 1.54) is 11.3 Å². The molecular formula is C12H18Cl2N2OS. The number of halogens is 2. The van der Waals surface area contributed by atoms with Gasteiger partial charge >= 0.3 is 0 Å². The summed E-state index contributed by atoms with van der Waals surface area (Å²) >= 11 is 7.39. The molecule has 1 aromatic heterocycles. The van der Waals surface area contributed by atoms with Gasteiger partial charge in [0.1, 0.15) is 0 Å². The molecule has 2 unspecified atom stereocenters. The molecule has 2 N–H and O–H groups in total. The van der Waals surface area contributed by atoms with E-state index in [-0.39, 0.29) is 30.3 Å². The van der Waals surface area contributed by atoms with Gasteiger partial charge in [0.05, 0.1) is 10.9 Å². The Bertz CT molecular complexity index is 411. The standard InChI is InChI=1S/C12H17ClN2OS.ClH/c1-15(7-10-4-5-11(13)17-10)12(16)8-2-3-9(14)6-8;/h4-5,8-9H,2-3,6-7,14H2,1H3;1H. The summed E-state index contributed by atoms with van der Waals surface area (Å²) in [5.74, 6) is 0.327. The smallest absolute Gasteiger partial charge is 0.225 e. The third-order valence-electron chi connectivity index (χ3n) is 3.22. The van der Waals surface area contributed by atoms with Crippen LogP contribution in [0.3, 0.4) is 0 Å². The zero-order valence-electron chi connectivity index (χ0n) is 10.3. The van der Waals surface area contributed by atoms with Gasteiger partial charge in [-0.3, -0.25) is 4.79 Å². The van der Waals surface area contributed by atoms with E-state index in [4.69, 9.17) is 17.3 Å². The summed E-state index contributed by atoms with van der Waals surface area (Å²) in [5.41, 5.74) is 5.83. The Labute approximate surface area is 123 Å². The van der Waals surface area contributed by atoms with Crippen molar-refractivity contribution in [2.24, 2.45) is 11.7 Å². The highest BCUT2D eigenvalue weighted by Gasteiger charge is 2.29. The van der Waals surface area contributed by atoms with Crippen molar-refractivity contribution in [3.05, 3.63) is 21.3 Å².